The Bertz CT molecular complexity index is 382. The van der Waals surface area contributed by atoms with Gasteiger partial charge in [-0.25, -0.2) is 8.78 Å². The molecule has 0 bridgehead atoms. The Morgan fingerprint density at radius 2 is 2.00 bits per heavy atom. The quantitative estimate of drug-likeness (QED) is 0.582. The minimum Gasteiger partial charge on any atom is -0.469 e. The lowest BCUT2D eigenvalue weighted by atomic mass is 9.99. The topological polar surface area (TPSA) is 26.3 Å². The van der Waals surface area contributed by atoms with E-state index < -0.39 is 23.5 Å². The van der Waals surface area contributed by atoms with Gasteiger partial charge in [0.15, 0.2) is 0 Å². The molecule has 86 valence electrons. The molecule has 4 heteroatoms. The van der Waals surface area contributed by atoms with Gasteiger partial charge < -0.3 is 4.74 Å². The van der Waals surface area contributed by atoms with E-state index in [0.717, 1.165) is 6.07 Å². The van der Waals surface area contributed by atoms with Gasteiger partial charge in [-0.1, -0.05) is 6.08 Å². The lowest BCUT2D eigenvalue weighted by Gasteiger charge is -2.10. The molecule has 2 nitrogen and oxygen atoms in total. The second-order valence-corrected chi connectivity index (χ2v) is 3.35. The van der Waals surface area contributed by atoms with Crippen LogP contribution in [0.15, 0.2) is 30.9 Å². The van der Waals surface area contributed by atoms with E-state index >= 15 is 0 Å². The molecule has 0 amide bonds. The van der Waals surface area contributed by atoms with Crippen LogP contribution in [0.1, 0.15) is 5.56 Å². The van der Waals surface area contributed by atoms with Gasteiger partial charge in [-0.15, -0.1) is 6.58 Å². The summed E-state index contributed by atoms with van der Waals surface area (Å²) in [4.78, 5) is 11.2. The minimum absolute atomic E-state index is 0.171. The fourth-order valence-corrected chi connectivity index (χ4v) is 1.40. The molecule has 1 atom stereocenters. The van der Waals surface area contributed by atoms with E-state index in [1.54, 1.807) is 0 Å². The summed E-state index contributed by atoms with van der Waals surface area (Å²) in [6, 6.07) is 3.15. The molecule has 0 spiro atoms. The first-order chi connectivity index (χ1) is 7.56. The summed E-state index contributed by atoms with van der Waals surface area (Å²) in [6.45, 7) is 3.48. The molecule has 0 aliphatic rings. The van der Waals surface area contributed by atoms with Crippen molar-refractivity contribution in [2.75, 3.05) is 7.11 Å². The molecule has 0 N–H and O–H groups in total. The predicted octanol–water partition coefficient (Wildman–Crippen LogP) is 2.48. The molecular formula is C12H12F2O2. The molecule has 0 radical (unpaired) electrons. The molecule has 1 aromatic carbocycles. The zero-order valence-electron chi connectivity index (χ0n) is 8.87. The van der Waals surface area contributed by atoms with Crippen LogP contribution in [0.3, 0.4) is 0 Å². The van der Waals surface area contributed by atoms with E-state index in [1.165, 1.54) is 25.3 Å². The van der Waals surface area contributed by atoms with Crippen LogP contribution in [0.4, 0.5) is 8.78 Å². The van der Waals surface area contributed by atoms with Gasteiger partial charge in [0, 0.05) is 6.07 Å². The third-order valence-electron chi connectivity index (χ3n) is 2.17. The van der Waals surface area contributed by atoms with Crippen LogP contribution in [-0.2, 0) is 16.0 Å². The molecule has 1 unspecified atom stereocenters. The Morgan fingerprint density at radius 1 is 1.44 bits per heavy atom. The number of esters is 1. The maximum Gasteiger partial charge on any atom is 0.312 e. The summed E-state index contributed by atoms with van der Waals surface area (Å²) in [5.74, 6) is -2.39. The smallest absolute Gasteiger partial charge is 0.312 e. The first kappa shape index (κ1) is 12.4. The highest BCUT2D eigenvalue weighted by molar-refractivity contribution is 5.74. The van der Waals surface area contributed by atoms with E-state index in [9.17, 15) is 13.6 Å². The SMILES string of the molecule is C=CC(Cc1cc(F)cc(F)c1)C(=O)OC. The molecule has 0 saturated heterocycles. The molecule has 16 heavy (non-hydrogen) atoms. The van der Waals surface area contributed by atoms with Gasteiger partial charge in [-0.3, -0.25) is 4.79 Å². The van der Waals surface area contributed by atoms with Gasteiger partial charge in [0.2, 0.25) is 0 Å². The van der Waals surface area contributed by atoms with Gasteiger partial charge in [0.1, 0.15) is 11.6 Å². The van der Waals surface area contributed by atoms with Gasteiger partial charge in [0.05, 0.1) is 13.0 Å². The predicted molar refractivity (Wildman–Crippen MR) is 55.8 cm³/mol. The van der Waals surface area contributed by atoms with E-state index in [-0.39, 0.29) is 6.42 Å². The Hall–Kier alpha value is -1.71. The fraction of sp³-hybridized carbons (Fsp3) is 0.250. The molecule has 1 aromatic rings. The Morgan fingerprint density at radius 3 is 2.44 bits per heavy atom. The zero-order valence-corrected chi connectivity index (χ0v) is 8.87. The first-order valence-corrected chi connectivity index (χ1v) is 4.72. The normalized spacial score (nSPS) is 11.9. The molecule has 0 aliphatic heterocycles. The first-order valence-electron chi connectivity index (χ1n) is 4.72. The van der Waals surface area contributed by atoms with Crippen molar-refractivity contribution in [3.63, 3.8) is 0 Å². The van der Waals surface area contributed by atoms with Crippen LogP contribution in [0.5, 0.6) is 0 Å². The van der Waals surface area contributed by atoms with Crippen molar-refractivity contribution >= 4 is 5.97 Å². The largest absolute Gasteiger partial charge is 0.469 e. The summed E-state index contributed by atoms with van der Waals surface area (Å²) < 4.78 is 30.3. The van der Waals surface area contributed by atoms with Crippen molar-refractivity contribution in [2.45, 2.75) is 6.42 Å². The molecule has 0 heterocycles. The third-order valence-corrected chi connectivity index (χ3v) is 2.17. The summed E-state index contributed by atoms with van der Waals surface area (Å²) in [6.07, 6.45) is 1.57. The average molecular weight is 226 g/mol. The van der Waals surface area contributed by atoms with Crippen LogP contribution >= 0.6 is 0 Å². The van der Waals surface area contributed by atoms with Crippen molar-refractivity contribution in [1.29, 1.82) is 0 Å². The highest BCUT2D eigenvalue weighted by Gasteiger charge is 2.16. The Labute approximate surface area is 92.5 Å². The highest BCUT2D eigenvalue weighted by atomic mass is 19.1. The maximum atomic E-state index is 12.9. The minimum atomic E-state index is -0.664. The number of ether oxygens (including phenoxy) is 1. The highest BCUT2D eigenvalue weighted by Crippen LogP contribution is 2.14. The molecule has 0 saturated carbocycles. The van der Waals surface area contributed by atoms with Crippen molar-refractivity contribution in [3.05, 3.63) is 48.1 Å². The number of benzene rings is 1. The standard InChI is InChI=1S/C12H12F2O2/c1-3-9(12(15)16-2)4-8-5-10(13)7-11(14)6-8/h3,5-7,9H,1,4H2,2H3. The number of halogens is 2. The van der Waals surface area contributed by atoms with Crippen LogP contribution in [0.25, 0.3) is 0 Å². The molecule has 0 fully saturated rings. The van der Waals surface area contributed by atoms with Crippen molar-refractivity contribution in [3.8, 4) is 0 Å². The third kappa shape index (κ3) is 3.15. The summed E-state index contributed by atoms with van der Waals surface area (Å²) in [5, 5.41) is 0. The summed E-state index contributed by atoms with van der Waals surface area (Å²) in [5.41, 5.74) is 0.396. The number of methoxy groups -OCH3 is 1. The summed E-state index contributed by atoms with van der Waals surface area (Å²) >= 11 is 0. The van der Waals surface area contributed by atoms with E-state index in [2.05, 4.69) is 11.3 Å². The Kier molecular flexibility index (Phi) is 4.17. The Balaban J connectivity index is 2.85. The lowest BCUT2D eigenvalue weighted by Crippen LogP contribution is -2.16. The molecule has 0 aromatic heterocycles. The average Bonchev–Trinajstić information content (AvgIpc) is 2.23. The number of carbonyl (C=O) groups excluding carboxylic acids is 1. The second-order valence-electron chi connectivity index (χ2n) is 3.35. The van der Waals surface area contributed by atoms with Crippen LogP contribution in [0.2, 0.25) is 0 Å². The number of hydrogen-bond donors (Lipinski definition) is 0. The second kappa shape index (κ2) is 5.39. The summed E-state index contributed by atoms with van der Waals surface area (Å²) in [7, 11) is 1.25. The van der Waals surface area contributed by atoms with Crippen LogP contribution in [-0.4, -0.2) is 13.1 Å². The van der Waals surface area contributed by atoms with E-state index in [0.29, 0.717) is 5.56 Å². The number of rotatable bonds is 4. The van der Waals surface area contributed by atoms with Crippen molar-refractivity contribution < 1.29 is 18.3 Å². The van der Waals surface area contributed by atoms with Crippen molar-refractivity contribution in [1.82, 2.24) is 0 Å². The van der Waals surface area contributed by atoms with Crippen LogP contribution < -0.4 is 0 Å². The van der Waals surface area contributed by atoms with Gasteiger partial charge in [0.25, 0.3) is 0 Å². The van der Waals surface area contributed by atoms with Gasteiger partial charge in [-0.2, -0.15) is 0 Å². The lowest BCUT2D eigenvalue weighted by molar-refractivity contribution is -0.143. The maximum absolute atomic E-state index is 12.9. The van der Waals surface area contributed by atoms with Gasteiger partial charge in [-0.05, 0) is 24.1 Å². The zero-order chi connectivity index (χ0) is 12.1. The van der Waals surface area contributed by atoms with Crippen molar-refractivity contribution in [2.24, 2.45) is 5.92 Å². The fourth-order valence-electron chi connectivity index (χ4n) is 1.40. The monoisotopic (exact) mass is 226 g/mol. The van der Waals surface area contributed by atoms with Gasteiger partial charge >= 0.3 is 5.97 Å². The van der Waals surface area contributed by atoms with Crippen LogP contribution in [0, 0.1) is 17.6 Å². The van der Waals surface area contributed by atoms with E-state index in [1.807, 2.05) is 0 Å². The molecule has 0 aliphatic carbocycles. The van der Waals surface area contributed by atoms with E-state index in [4.69, 9.17) is 0 Å². The number of hydrogen-bond acceptors (Lipinski definition) is 2. The molecular weight excluding hydrogens is 214 g/mol. The number of carbonyl (C=O) groups is 1. The molecule has 1 rings (SSSR count).